The van der Waals surface area contributed by atoms with E-state index < -0.39 is 22.4 Å². The zero-order chi connectivity index (χ0) is 22.5. The first-order valence-corrected chi connectivity index (χ1v) is 12.3. The van der Waals surface area contributed by atoms with Crippen molar-refractivity contribution in [1.29, 1.82) is 0 Å². The van der Waals surface area contributed by atoms with E-state index >= 15 is 0 Å². The molecule has 1 saturated carbocycles. The van der Waals surface area contributed by atoms with Crippen LogP contribution < -0.4 is 10.0 Å². The number of anilines is 1. The Bertz CT molecular complexity index is 1260. The van der Waals surface area contributed by atoms with Gasteiger partial charge in [-0.15, -0.1) is 0 Å². The van der Waals surface area contributed by atoms with E-state index in [2.05, 4.69) is 30.3 Å². The number of nitrogens with one attached hydrogen (secondary N) is 2. The maximum atomic E-state index is 11.7. The second-order valence-corrected chi connectivity index (χ2v) is 10.1. The first-order chi connectivity index (χ1) is 15.4. The van der Waals surface area contributed by atoms with Crippen molar-refractivity contribution in [1.82, 2.24) is 19.3 Å². The summed E-state index contributed by atoms with van der Waals surface area (Å²) < 4.78 is 32.3. The van der Waals surface area contributed by atoms with Gasteiger partial charge in [0.25, 0.3) is 0 Å². The maximum absolute atomic E-state index is 11.7. The van der Waals surface area contributed by atoms with E-state index in [-0.39, 0.29) is 12.1 Å². The van der Waals surface area contributed by atoms with Gasteiger partial charge in [0.15, 0.2) is 0 Å². The van der Waals surface area contributed by atoms with Gasteiger partial charge in [0, 0.05) is 17.3 Å². The van der Waals surface area contributed by atoms with E-state index in [1.807, 2.05) is 29.0 Å². The molecule has 0 radical (unpaired) electrons. The van der Waals surface area contributed by atoms with Crippen LogP contribution in [-0.4, -0.2) is 47.3 Å². The van der Waals surface area contributed by atoms with E-state index in [1.54, 1.807) is 0 Å². The number of aliphatic hydroxyl groups is 1. The van der Waals surface area contributed by atoms with Gasteiger partial charge in [0.1, 0.15) is 17.8 Å². The number of halogens is 1. The van der Waals surface area contributed by atoms with Crippen molar-refractivity contribution in [2.24, 2.45) is 0 Å². The predicted octanol–water partition coefficient (Wildman–Crippen LogP) is 2.73. The highest BCUT2D eigenvalue weighted by molar-refractivity contribution is 7.84. The van der Waals surface area contributed by atoms with Crippen molar-refractivity contribution >= 4 is 38.8 Å². The molecule has 5 rings (SSSR count). The Morgan fingerprint density at radius 2 is 2.09 bits per heavy atom. The lowest BCUT2D eigenvalue weighted by atomic mass is 10.1. The molecule has 0 saturated heterocycles. The van der Waals surface area contributed by atoms with Crippen molar-refractivity contribution < 1.29 is 17.7 Å². The number of hydrogen-bond donors (Lipinski definition) is 3. The summed E-state index contributed by atoms with van der Waals surface area (Å²) in [5.41, 5.74) is 3.11. The molecule has 1 fully saturated rings. The SMILES string of the molecule is COS(=O)(=O)N[C@H]1C[C@@H](n2ccc3c(N[C@@H]4CCc5c(Cl)cccc54)ncnc32)C[C@@H]1O. The van der Waals surface area contributed by atoms with Gasteiger partial charge in [-0.25, -0.2) is 9.97 Å². The van der Waals surface area contributed by atoms with Gasteiger partial charge in [-0.05, 0) is 48.9 Å². The van der Waals surface area contributed by atoms with Crippen LogP contribution in [0.2, 0.25) is 5.02 Å². The molecular weight excluding hydrogens is 454 g/mol. The van der Waals surface area contributed by atoms with Gasteiger partial charge < -0.3 is 15.0 Å². The molecule has 4 atom stereocenters. The molecule has 2 heterocycles. The number of hydrogen-bond acceptors (Lipinski definition) is 7. The average molecular weight is 478 g/mol. The molecule has 3 aromatic rings. The third-order valence-electron chi connectivity index (χ3n) is 6.45. The lowest BCUT2D eigenvalue weighted by Crippen LogP contribution is -2.40. The van der Waals surface area contributed by atoms with Gasteiger partial charge in [-0.2, -0.15) is 13.1 Å². The lowest BCUT2D eigenvalue weighted by Gasteiger charge is -2.17. The van der Waals surface area contributed by atoms with E-state index in [1.165, 1.54) is 17.5 Å². The Balaban J connectivity index is 1.40. The number of aromatic nitrogens is 3. The zero-order valence-corrected chi connectivity index (χ0v) is 19.0. The van der Waals surface area contributed by atoms with Gasteiger partial charge >= 0.3 is 10.3 Å². The number of benzene rings is 1. The summed E-state index contributed by atoms with van der Waals surface area (Å²) in [7, 11) is -2.80. The van der Waals surface area contributed by atoms with E-state index in [4.69, 9.17) is 11.6 Å². The van der Waals surface area contributed by atoms with Crippen LogP contribution in [0.15, 0.2) is 36.8 Å². The minimum absolute atomic E-state index is 0.110. The van der Waals surface area contributed by atoms with Gasteiger partial charge in [-0.3, -0.25) is 4.18 Å². The summed E-state index contributed by atoms with van der Waals surface area (Å²) in [6.45, 7) is 0. The molecule has 1 aromatic carbocycles. The van der Waals surface area contributed by atoms with Crippen LogP contribution in [0, 0.1) is 0 Å². The highest BCUT2D eigenvalue weighted by atomic mass is 35.5. The van der Waals surface area contributed by atoms with Crippen molar-refractivity contribution in [3.05, 3.63) is 52.9 Å². The molecule has 32 heavy (non-hydrogen) atoms. The monoisotopic (exact) mass is 477 g/mol. The van der Waals surface area contributed by atoms with Gasteiger partial charge in [0.2, 0.25) is 0 Å². The molecule has 0 unspecified atom stereocenters. The quantitative estimate of drug-likeness (QED) is 0.499. The molecule has 2 aliphatic carbocycles. The van der Waals surface area contributed by atoms with Crippen LogP contribution in [0.1, 0.15) is 42.5 Å². The molecule has 2 aromatic heterocycles. The molecule has 9 nitrogen and oxygen atoms in total. The Labute approximate surface area is 191 Å². The Kier molecular flexibility index (Phi) is 5.58. The summed E-state index contributed by atoms with van der Waals surface area (Å²) in [6, 6.07) is 7.31. The van der Waals surface area contributed by atoms with Crippen LogP contribution in [0.4, 0.5) is 5.82 Å². The second-order valence-electron chi connectivity index (χ2n) is 8.26. The van der Waals surface area contributed by atoms with Gasteiger partial charge in [0.05, 0.1) is 30.7 Å². The zero-order valence-electron chi connectivity index (χ0n) is 17.4. The molecule has 0 bridgehead atoms. The first-order valence-electron chi connectivity index (χ1n) is 10.5. The predicted molar refractivity (Wildman–Crippen MR) is 121 cm³/mol. The average Bonchev–Trinajstić information content (AvgIpc) is 3.47. The van der Waals surface area contributed by atoms with Crippen molar-refractivity contribution in [3.63, 3.8) is 0 Å². The van der Waals surface area contributed by atoms with Crippen LogP contribution in [0.3, 0.4) is 0 Å². The summed E-state index contributed by atoms with van der Waals surface area (Å²) in [5.74, 6) is 0.738. The Morgan fingerprint density at radius 3 is 2.91 bits per heavy atom. The third-order valence-corrected chi connectivity index (χ3v) is 7.83. The number of rotatable bonds is 6. The minimum atomic E-state index is -3.88. The van der Waals surface area contributed by atoms with Gasteiger partial charge in [-0.1, -0.05) is 23.7 Å². The smallest absolute Gasteiger partial charge is 0.335 e. The topological polar surface area (TPSA) is 118 Å². The molecule has 170 valence electrons. The fraction of sp³-hybridized carbons (Fsp3) is 0.429. The molecular formula is C21H24ClN5O4S. The van der Waals surface area contributed by atoms with Crippen LogP contribution in [0.5, 0.6) is 0 Å². The lowest BCUT2D eigenvalue weighted by molar-refractivity contribution is 0.154. The van der Waals surface area contributed by atoms with Crippen molar-refractivity contribution in [2.75, 3.05) is 12.4 Å². The molecule has 0 aliphatic heterocycles. The third kappa shape index (κ3) is 3.86. The van der Waals surface area contributed by atoms with Crippen molar-refractivity contribution in [3.8, 4) is 0 Å². The fourth-order valence-corrected chi connectivity index (χ4v) is 5.88. The molecule has 0 spiro atoms. The Morgan fingerprint density at radius 1 is 1.25 bits per heavy atom. The molecule has 11 heteroatoms. The normalized spacial score (nSPS) is 25.3. The molecule has 3 N–H and O–H groups in total. The molecule has 2 aliphatic rings. The number of nitrogens with zero attached hydrogens (tertiary/aromatic N) is 3. The van der Waals surface area contributed by atoms with Crippen molar-refractivity contribution in [2.45, 2.75) is 49.9 Å². The minimum Gasteiger partial charge on any atom is -0.391 e. The maximum Gasteiger partial charge on any atom is 0.335 e. The van der Waals surface area contributed by atoms with E-state index in [0.717, 1.165) is 41.8 Å². The standard InChI is InChI=1S/C21H24ClN5O4S/c1-31-32(29,30)26-18-9-12(10-19(18)28)27-8-7-15-20(23-11-24-21(15)27)25-17-6-5-13-14(17)3-2-4-16(13)22/h2-4,7-8,11-12,17-19,26,28H,5-6,9-10H2,1H3,(H,23,24,25)/t12-,17-,18+,19+/m1/s1. The summed E-state index contributed by atoms with van der Waals surface area (Å²) in [4.78, 5) is 8.93. The van der Waals surface area contributed by atoms with Crippen LogP contribution >= 0.6 is 11.6 Å². The van der Waals surface area contributed by atoms with E-state index in [9.17, 15) is 13.5 Å². The fourth-order valence-electron chi connectivity index (χ4n) is 4.88. The largest absolute Gasteiger partial charge is 0.391 e. The Hall–Kier alpha value is -2.24. The summed E-state index contributed by atoms with van der Waals surface area (Å²) in [6.07, 6.45) is 5.29. The summed E-state index contributed by atoms with van der Waals surface area (Å²) in [5, 5.41) is 15.6. The highest BCUT2D eigenvalue weighted by Crippen LogP contribution is 2.39. The first kappa shape index (κ1) is 21.6. The number of aliphatic hydroxyl groups excluding tert-OH is 1. The van der Waals surface area contributed by atoms with E-state index in [0.29, 0.717) is 12.8 Å². The number of fused-ring (bicyclic) bond motifs is 2. The summed E-state index contributed by atoms with van der Waals surface area (Å²) >= 11 is 6.35. The second kappa shape index (κ2) is 8.27. The van der Waals surface area contributed by atoms with Crippen LogP contribution in [-0.2, 0) is 20.9 Å². The highest BCUT2D eigenvalue weighted by Gasteiger charge is 2.37. The van der Waals surface area contributed by atoms with Crippen LogP contribution in [0.25, 0.3) is 11.0 Å². The molecule has 0 amide bonds.